The van der Waals surface area contributed by atoms with Gasteiger partial charge in [-0.1, -0.05) is 12.1 Å². The summed E-state index contributed by atoms with van der Waals surface area (Å²) in [5.74, 6) is 1.63. The van der Waals surface area contributed by atoms with Gasteiger partial charge >= 0.3 is 0 Å². The number of rotatable bonds is 3. The average molecular weight is 241 g/mol. The minimum atomic E-state index is 0.369. The molecule has 18 heavy (non-hydrogen) atoms. The van der Waals surface area contributed by atoms with E-state index < -0.39 is 0 Å². The second-order valence-corrected chi connectivity index (χ2v) is 3.73. The second-order valence-electron chi connectivity index (χ2n) is 3.73. The standard InChI is InChI=1S/C11H11N7/c12-10-11(13-5-9-14-6-15-18-9)17-8-4-2-1-3-7(8)16-10/h1-4,6H,5H2,(H2,12,16)(H,13,17)(H,14,15,18). The molecular weight excluding hydrogens is 230 g/mol. The fourth-order valence-electron chi connectivity index (χ4n) is 1.63. The van der Waals surface area contributed by atoms with Crippen LogP contribution in [0.25, 0.3) is 11.0 Å². The summed E-state index contributed by atoms with van der Waals surface area (Å²) in [7, 11) is 0. The van der Waals surface area contributed by atoms with Crippen LogP contribution in [0, 0.1) is 0 Å². The highest BCUT2D eigenvalue weighted by molar-refractivity contribution is 5.79. The molecule has 2 heterocycles. The molecule has 1 aromatic carbocycles. The van der Waals surface area contributed by atoms with Gasteiger partial charge in [-0.15, -0.1) is 0 Å². The number of nitrogens with two attached hydrogens (primary N) is 1. The number of aromatic nitrogens is 5. The highest BCUT2D eigenvalue weighted by Crippen LogP contribution is 2.18. The van der Waals surface area contributed by atoms with E-state index in [1.807, 2.05) is 24.3 Å². The molecular formula is C11H11N7. The minimum absolute atomic E-state index is 0.369. The van der Waals surface area contributed by atoms with Crippen molar-refractivity contribution in [2.45, 2.75) is 6.54 Å². The summed E-state index contributed by atoms with van der Waals surface area (Å²) in [6, 6.07) is 7.58. The van der Waals surface area contributed by atoms with E-state index in [0.717, 1.165) is 11.0 Å². The maximum absolute atomic E-state index is 5.84. The summed E-state index contributed by atoms with van der Waals surface area (Å²) >= 11 is 0. The van der Waals surface area contributed by atoms with Crippen LogP contribution < -0.4 is 11.1 Å². The second kappa shape index (κ2) is 4.28. The van der Waals surface area contributed by atoms with Gasteiger partial charge < -0.3 is 11.1 Å². The summed E-state index contributed by atoms with van der Waals surface area (Å²) < 4.78 is 0. The Morgan fingerprint density at radius 2 is 1.94 bits per heavy atom. The first-order valence-corrected chi connectivity index (χ1v) is 5.43. The number of H-pyrrole nitrogens is 1. The number of fused-ring (bicyclic) bond motifs is 1. The van der Waals surface area contributed by atoms with E-state index in [-0.39, 0.29) is 0 Å². The zero-order valence-corrected chi connectivity index (χ0v) is 9.46. The lowest BCUT2D eigenvalue weighted by atomic mass is 10.3. The third kappa shape index (κ3) is 1.93. The molecule has 0 fully saturated rings. The molecule has 4 N–H and O–H groups in total. The fourth-order valence-corrected chi connectivity index (χ4v) is 1.63. The lowest BCUT2D eigenvalue weighted by Gasteiger charge is -2.07. The Hall–Kier alpha value is -2.70. The summed E-state index contributed by atoms with van der Waals surface area (Å²) in [4.78, 5) is 12.7. The first kappa shape index (κ1) is 10.5. The molecule has 3 aromatic rings. The van der Waals surface area contributed by atoms with E-state index in [2.05, 4.69) is 30.5 Å². The van der Waals surface area contributed by atoms with E-state index in [4.69, 9.17) is 5.73 Å². The van der Waals surface area contributed by atoms with E-state index in [1.54, 1.807) is 0 Å². The molecule has 0 saturated carbocycles. The zero-order valence-electron chi connectivity index (χ0n) is 9.46. The van der Waals surface area contributed by atoms with Crippen molar-refractivity contribution in [3.63, 3.8) is 0 Å². The van der Waals surface area contributed by atoms with Crippen molar-refractivity contribution >= 4 is 22.7 Å². The molecule has 0 aliphatic heterocycles. The van der Waals surface area contributed by atoms with Gasteiger partial charge in [0.1, 0.15) is 12.2 Å². The molecule has 7 heteroatoms. The molecule has 90 valence electrons. The van der Waals surface area contributed by atoms with Crippen LogP contribution in [0.15, 0.2) is 30.6 Å². The molecule has 0 saturated heterocycles. The monoisotopic (exact) mass is 241 g/mol. The van der Waals surface area contributed by atoms with Gasteiger partial charge in [0, 0.05) is 0 Å². The van der Waals surface area contributed by atoms with Gasteiger partial charge in [-0.2, -0.15) is 5.10 Å². The molecule has 0 atom stereocenters. The summed E-state index contributed by atoms with van der Waals surface area (Å²) in [6.07, 6.45) is 1.45. The van der Waals surface area contributed by atoms with Crippen molar-refractivity contribution in [1.82, 2.24) is 25.1 Å². The van der Waals surface area contributed by atoms with Crippen molar-refractivity contribution in [2.24, 2.45) is 0 Å². The lowest BCUT2D eigenvalue weighted by molar-refractivity contribution is 0.948. The van der Waals surface area contributed by atoms with Crippen LogP contribution in [0.4, 0.5) is 11.6 Å². The Kier molecular flexibility index (Phi) is 2.49. The van der Waals surface area contributed by atoms with E-state index >= 15 is 0 Å². The van der Waals surface area contributed by atoms with Crippen LogP contribution >= 0.6 is 0 Å². The molecule has 0 amide bonds. The van der Waals surface area contributed by atoms with Crippen molar-refractivity contribution in [1.29, 1.82) is 0 Å². The van der Waals surface area contributed by atoms with Crippen molar-refractivity contribution < 1.29 is 0 Å². The smallest absolute Gasteiger partial charge is 0.169 e. The Morgan fingerprint density at radius 1 is 1.17 bits per heavy atom. The third-order valence-electron chi connectivity index (χ3n) is 2.49. The first-order valence-electron chi connectivity index (χ1n) is 5.43. The summed E-state index contributed by atoms with van der Waals surface area (Å²) in [5, 5.41) is 9.59. The van der Waals surface area contributed by atoms with Gasteiger partial charge in [0.2, 0.25) is 0 Å². The number of aromatic amines is 1. The van der Waals surface area contributed by atoms with E-state index in [9.17, 15) is 0 Å². The highest BCUT2D eigenvalue weighted by Gasteiger charge is 2.05. The summed E-state index contributed by atoms with van der Waals surface area (Å²) in [5.41, 5.74) is 7.42. The number of benzene rings is 1. The van der Waals surface area contributed by atoms with Crippen LogP contribution in [-0.2, 0) is 6.54 Å². The third-order valence-corrected chi connectivity index (χ3v) is 2.49. The number of nitrogens with one attached hydrogen (secondary N) is 2. The molecule has 0 aliphatic carbocycles. The van der Waals surface area contributed by atoms with Crippen LogP contribution in [0.5, 0.6) is 0 Å². The Labute approximate surface area is 102 Å². The van der Waals surface area contributed by atoms with E-state index in [0.29, 0.717) is 24.0 Å². The highest BCUT2D eigenvalue weighted by atomic mass is 15.2. The number of nitrogens with zero attached hydrogens (tertiary/aromatic N) is 4. The predicted molar refractivity (Wildman–Crippen MR) is 67.7 cm³/mol. The Morgan fingerprint density at radius 3 is 2.67 bits per heavy atom. The molecule has 7 nitrogen and oxygen atoms in total. The number of nitrogen functional groups attached to an aromatic ring is 1. The predicted octanol–water partition coefficient (Wildman–Crippen LogP) is 0.942. The molecule has 2 aromatic heterocycles. The van der Waals surface area contributed by atoms with Gasteiger partial charge in [-0.25, -0.2) is 15.0 Å². The van der Waals surface area contributed by atoms with Crippen molar-refractivity contribution in [2.75, 3.05) is 11.1 Å². The van der Waals surface area contributed by atoms with Crippen LogP contribution in [-0.4, -0.2) is 25.1 Å². The Balaban J connectivity index is 1.89. The number of anilines is 2. The molecule has 0 bridgehead atoms. The van der Waals surface area contributed by atoms with Gasteiger partial charge in [0.25, 0.3) is 0 Å². The minimum Gasteiger partial charge on any atom is -0.381 e. The first-order chi connectivity index (χ1) is 8.83. The molecule has 0 aliphatic rings. The van der Waals surface area contributed by atoms with Crippen LogP contribution in [0.3, 0.4) is 0 Å². The number of hydrogen-bond donors (Lipinski definition) is 3. The number of para-hydroxylation sites is 2. The normalized spacial score (nSPS) is 10.7. The van der Waals surface area contributed by atoms with Crippen molar-refractivity contribution in [3.8, 4) is 0 Å². The molecule has 0 spiro atoms. The topological polar surface area (TPSA) is 105 Å². The fraction of sp³-hybridized carbons (Fsp3) is 0.0909. The van der Waals surface area contributed by atoms with Gasteiger partial charge in [0.15, 0.2) is 11.6 Å². The van der Waals surface area contributed by atoms with Gasteiger partial charge in [-0.05, 0) is 12.1 Å². The van der Waals surface area contributed by atoms with Crippen molar-refractivity contribution in [3.05, 3.63) is 36.4 Å². The van der Waals surface area contributed by atoms with Crippen LogP contribution in [0.1, 0.15) is 5.82 Å². The lowest BCUT2D eigenvalue weighted by Crippen LogP contribution is -2.07. The maximum atomic E-state index is 5.84. The average Bonchev–Trinajstić information content (AvgIpc) is 2.89. The number of hydrogen-bond acceptors (Lipinski definition) is 6. The zero-order chi connectivity index (χ0) is 12.4. The van der Waals surface area contributed by atoms with Gasteiger partial charge in [0.05, 0.1) is 17.6 Å². The van der Waals surface area contributed by atoms with Crippen LogP contribution in [0.2, 0.25) is 0 Å². The Bertz CT molecular complexity index is 662. The maximum Gasteiger partial charge on any atom is 0.169 e. The SMILES string of the molecule is Nc1nc2ccccc2nc1NCc1ncn[nH]1. The summed E-state index contributed by atoms with van der Waals surface area (Å²) in [6.45, 7) is 0.469. The quantitative estimate of drug-likeness (QED) is 0.630. The van der Waals surface area contributed by atoms with Gasteiger partial charge in [-0.3, -0.25) is 5.10 Å². The largest absolute Gasteiger partial charge is 0.381 e. The molecule has 0 unspecified atom stereocenters. The molecule has 0 radical (unpaired) electrons. The molecule has 3 rings (SSSR count). The van der Waals surface area contributed by atoms with E-state index in [1.165, 1.54) is 6.33 Å².